The van der Waals surface area contributed by atoms with Crippen LogP contribution < -0.4 is 0 Å². The smallest absolute Gasteiger partial charge is 0.254 e. The van der Waals surface area contributed by atoms with E-state index in [1.54, 1.807) is 0 Å². The van der Waals surface area contributed by atoms with Crippen LogP contribution in [0.15, 0.2) is 36.4 Å². The molecule has 4 aromatic rings. The van der Waals surface area contributed by atoms with Crippen LogP contribution in [0.5, 0.6) is 0 Å². The molecule has 0 atom stereocenters. The van der Waals surface area contributed by atoms with Crippen molar-refractivity contribution >= 4 is 27.8 Å². The largest absolute Gasteiger partial charge is 0.380 e. The van der Waals surface area contributed by atoms with Gasteiger partial charge in [0.2, 0.25) is 0 Å². The van der Waals surface area contributed by atoms with Gasteiger partial charge >= 0.3 is 0 Å². The van der Waals surface area contributed by atoms with Gasteiger partial charge < -0.3 is 18.8 Å². The number of imidazole rings is 1. The number of hydrogen-bond donors (Lipinski definition) is 0. The van der Waals surface area contributed by atoms with Crippen LogP contribution in [0.3, 0.4) is 0 Å². The van der Waals surface area contributed by atoms with E-state index in [9.17, 15) is 4.79 Å². The van der Waals surface area contributed by atoms with Gasteiger partial charge in [-0.3, -0.25) is 4.79 Å². The van der Waals surface area contributed by atoms with Crippen LogP contribution in [0.25, 0.3) is 33.5 Å². The lowest BCUT2D eigenvalue weighted by atomic mass is 9.97. The number of aryl methyl sites for hydroxylation is 1. The molecule has 0 bridgehead atoms. The Kier molecular flexibility index (Phi) is 4.81. The van der Waals surface area contributed by atoms with E-state index in [2.05, 4.69) is 53.4 Å². The van der Waals surface area contributed by atoms with Gasteiger partial charge in [-0.25, -0.2) is 4.98 Å². The molecule has 2 aromatic carbocycles. The summed E-state index contributed by atoms with van der Waals surface area (Å²) in [6.07, 6.45) is 4.51. The molecule has 4 heterocycles. The lowest BCUT2D eigenvalue weighted by molar-refractivity contribution is 0.00846. The number of aromatic nitrogens is 3. The normalized spacial score (nSPS) is 18.5. The van der Waals surface area contributed by atoms with Crippen LogP contribution in [0.2, 0.25) is 0 Å². The zero-order valence-corrected chi connectivity index (χ0v) is 20.6. The molecule has 6 nitrogen and oxygen atoms in total. The molecule has 6 heteroatoms. The van der Waals surface area contributed by atoms with Crippen molar-refractivity contribution in [1.29, 1.82) is 0 Å². The molecule has 3 aliphatic rings. The summed E-state index contributed by atoms with van der Waals surface area (Å²) >= 11 is 0. The summed E-state index contributed by atoms with van der Waals surface area (Å²) in [5.74, 6) is 2.39. The first-order chi connectivity index (χ1) is 17.1. The third-order valence-corrected chi connectivity index (χ3v) is 8.17. The highest BCUT2D eigenvalue weighted by molar-refractivity contribution is 6.00. The number of hydrogen-bond acceptors (Lipinski definition) is 3. The first-order valence-corrected chi connectivity index (χ1v) is 13.1. The summed E-state index contributed by atoms with van der Waals surface area (Å²) in [5, 5.41) is 1.27. The van der Waals surface area contributed by atoms with Crippen LogP contribution in [-0.4, -0.2) is 51.2 Å². The summed E-state index contributed by atoms with van der Waals surface area (Å²) in [5.41, 5.74) is 7.83. The van der Waals surface area contributed by atoms with Crippen molar-refractivity contribution in [3.8, 4) is 11.5 Å². The van der Waals surface area contributed by atoms with E-state index in [1.165, 1.54) is 35.0 Å². The van der Waals surface area contributed by atoms with Crippen molar-refractivity contribution in [2.24, 2.45) is 13.0 Å². The van der Waals surface area contributed by atoms with Gasteiger partial charge in [-0.1, -0.05) is 19.1 Å². The lowest BCUT2D eigenvalue weighted by Gasteiger charge is -2.28. The maximum absolute atomic E-state index is 13.1. The van der Waals surface area contributed by atoms with Crippen molar-refractivity contribution in [2.45, 2.75) is 45.1 Å². The first-order valence-electron chi connectivity index (χ1n) is 13.1. The molecule has 7 rings (SSSR count). The average Bonchev–Trinajstić information content (AvgIpc) is 3.50. The second-order valence-electron chi connectivity index (χ2n) is 10.7. The minimum absolute atomic E-state index is 0.151. The molecule has 1 saturated carbocycles. The van der Waals surface area contributed by atoms with Gasteiger partial charge in [-0.15, -0.1) is 0 Å². The Bertz CT molecular complexity index is 1470. The SMILES string of the molecule is CCCN1CCc2cc3c(cc2C1=O)nc(-c1cc2ccc(C4COC4)cc2n1CC1CC1)n3C. The highest BCUT2D eigenvalue weighted by Gasteiger charge is 2.28. The first kappa shape index (κ1) is 21.2. The van der Waals surface area contributed by atoms with Crippen molar-refractivity contribution in [3.63, 3.8) is 0 Å². The second-order valence-corrected chi connectivity index (χ2v) is 10.7. The number of rotatable bonds is 6. The van der Waals surface area contributed by atoms with E-state index < -0.39 is 0 Å². The Balaban J connectivity index is 1.36. The monoisotopic (exact) mass is 468 g/mol. The van der Waals surface area contributed by atoms with Crippen LogP contribution in [0.4, 0.5) is 0 Å². The maximum atomic E-state index is 13.1. The third-order valence-electron chi connectivity index (χ3n) is 8.17. The quantitative estimate of drug-likeness (QED) is 0.394. The van der Waals surface area contributed by atoms with Gasteiger partial charge in [0.05, 0.1) is 29.9 Å². The van der Waals surface area contributed by atoms with Gasteiger partial charge in [-0.05, 0) is 67.0 Å². The van der Waals surface area contributed by atoms with Crippen LogP contribution in [0, 0.1) is 5.92 Å². The highest BCUT2D eigenvalue weighted by Crippen LogP contribution is 2.38. The van der Waals surface area contributed by atoms with Crippen molar-refractivity contribution in [1.82, 2.24) is 19.0 Å². The zero-order valence-electron chi connectivity index (χ0n) is 20.6. The Labute approximate surface area is 205 Å². The topological polar surface area (TPSA) is 52.3 Å². The Hall–Kier alpha value is -3.12. The fourth-order valence-electron chi connectivity index (χ4n) is 5.82. The van der Waals surface area contributed by atoms with E-state index in [1.807, 2.05) is 11.0 Å². The number of fused-ring (bicyclic) bond motifs is 3. The number of ether oxygens (including phenoxy) is 1. The van der Waals surface area contributed by atoms with E-state index in [0.717, 1.165) is 79.6 Å². The zero-order chi connectivity index (χ0) is 23.7. The molecule has 0 unspecified atom stereocenters. The summed E-state index contributed by atoms with van der Waals surface area (Å²) in [6, 6.07) is 13.4. The number of nitrogens with zero attached hydrogens (tertiary/aromatic N) is 4. The lowest BCUT2D eigenvalue weighted by Crippen LogP contribution is -2.38. The third kappa shape index (κ3) is 3.41. The summed E-state index contributed by atoms with van der Waals surface area (Å²) in [6.45, 7) is 6.44. The summed E-state index contributed by atoms with van der Waals surface area (Å²) < 4.78 is 10.2. The van der Waals surface area contributed by atoms with Crippen molar-refractivity contribution in [3.05, 3.63) is 53.1 Å². The Morgan fingerprint density at radius 3 is 2.69 bits per heavy atom. The molecule has 2 aromatic heterocycles. The number of carbonyl (C=O) groups excluding carboxylic acids is 1. The minimum Gasteiger partial charge on any atom is -0.380 e. The standard InChI is InChI=1S/C29H32N4O2/c1-3-9-32-10-8-20-12-26-24(14-23(20)29(32)34)30-28(31(26)2)27-13-21-7-6-19(22-16-35-17-22)11-25(21)33(27)15-18-4-5-18/h6-7,11-14,18,22H,3-5,8-10,15-17H2,1-2H3. The molecule has 2 fully saturated rings. The Morgan fingerprint density at radius 2 is 1.94 bits per heavy atom. The van der Waals surface area contributed by atoms with Gasteiger partial charge in [-0.2, -0.15) is 0 Å². The van der Waals surface area contributed by atoms with Crippen molar-refractivity contribution in [2.75, 3.05) is 26.3 Å². The number of amides is 1. The van der Waals surface area contributed by atoms with E-state index >= 15 is 0 Å². The fourth-order valence-corrected chi connectivity index (χ4v) is 5.82. The predicted molar refractivity (Wildman–Crippen MR) is 138 cm³/mol. The summed E-state index contributed by atoms with van der Waals surface area (Å²) in [4.78, 5) is 20.2. The molecule has 2 aliphatic heterocycles. The molecule has 1 aliphatic carbocycles. The molecular formula is C29H32N4O2. The van der Waals surface area contributed by atoms with Gasteiger partial charge in [0.25, 0.3) is 5.91 Å². The minimum atomic E-state index is 0.151. The van der Waals surface area contributed by atoms with E-state index in [0.29, 0.717) is 5.92 Å². The van der Waals surface area contributed by atoms with Crippen LogP contribution in [0.1, 0.15) is 53.6 Å². The molecule has 1 amide bonds. The molecule has 1 saturated heterocycles. The fraction of sp³-hybridized carbons (Fsp3) is 0.448. The maximum Gasteiger partial charge on any atom is 0.254 e. The summed E-state index contributed by atoms with van der Waals surface area (Å²) in [7, 11) is 2.11. The second kappa shape index (κ2) is 7.95. The number of carbonyl (C=O) groups is 1. The molecular weight excluding hydrogens is 436 g/mol. The average molecular weight is 469 g/mol. The van der Waals surface area contributed by atoms with Gasteiger partial charge in [0.15, 0.2) is 5.82 Å². The molecule has 0 radical (unpaired) electrons. The predicted octanol–water partition coefficient (Wildman–Crippen LogP) is 5.13. The molecule has 35 heavy (non-hydrogen) atoms. The molecule has 0 spiro atoms. The number of benzene rings is 2. The molecule has 180 valence electrons. The van der Waals surface area contributed by atoms with Gasteiger partial charge in [0, 0.05) is 49.1 Å². The van der Waals surface area contributed by atoms with Crippen LogP contribution in [-0.2, 0) is 24.8 Å². The van der Waals surface area contributed by atoms with Gasteiger partial charge in [0.1, 0.15) is 0 Å². The molecule has 0 N–H and O–H groups in total. The van der Waals surface area contributed by atoms with Crippen LogP contribution >= 0.6 is 0 Å². The van der Waals surface area contributed by atoms with E-state index in [-0.39, 0.29) is 5.91 Å². The van der Waals surface area contributed by atoms with Crippen molar-refractivity contribution < 1.29 is 9.53 Å². The van der Waals surface area contributed by atoms with E-state index in [4.69, 9.17) is 9.72 Å². The Morgan fingerprint density at radius 1 is 1.09 bits per heavy atom. The highest BCUT2D eigenvalue weighted by atomic mass is 16.5.